The molecule has 0 saturated carbocycles. The van der Waals surface area contributed by atoms with E-state index in [0.717, 1.165) is 6.20 Å². The molecule has 0 aliphatic rings. The highest BCUT2D eigenvalue weighted by molar-refractivity contribution is 5.83. The van der Waals surface area contributed by atoms with Gasteiger partial charge in [-0.25, -0.2) is 19.2 Å². The lowest BCUT2D eigenvalue weighted by Crippen LogP contribution is -2.06. The normalized spacial score (nSPS) is 10.2. The van der Waals surface area contributed by atoms with Crippen molar-refractivity contribution >= 4 is 5.97 Å². The van der Waals surface area contributed by atoms with Crippen molar-refractivity contribution in [2.75, 3.05) is 0 Å². The number of aryl methyl sites for hydroxylation is 1. The summed E-state index contributed by atoms with van der Waals surface area (Å²) in [5, 5.41) is 8.79. The number of halogens is 1. The smallest absolute Gasteiger partial charge is 0.373 e. The van der Waals surface area contributed by atoms with Gasteiger partial charge < -0.3 is 5.11 Å². The Morgan fingerprint density at radius 2 is 2.06 bits per heavy atom. The summed E-state index contributed by atoms with van der Waals surface area (Å²) >= 11 is 0. The van der Waals surface area contributed by atoms with E-state index in [1.54, 1.807) is 6.92 Å². The van der Waals surface area contributed by atoms with Gasteiger partial charge in [0.05, 0.1) is 17.6 Å². The van der Waals surface area contributed by atoms with Crippen LogP contribution in [0.5, 0.6) is 0 Å². The van der Waals surface area contributed by atoms with Crippen LogP contribution in [0.25, 0.3) is 11.4 Å². The molecule has 2 aromatic heterocycles. The number of aromatic carboxylic acids is 1. The van der Waals surface area contributed by atoms with Gasteiger partial charge in [-0.2, -0.15) is 0 Å². The molecule has 6 heteroatoms. The third kappa shape index (κ3) is 2.25. The average molecular weight is 233 g/mol. The van der Waals surface area contributed by atoms with Crippen molar-refractivity contribution in [3.8, 4) is 11.4 Å². The number of aromatic nitrogens is 3. The Morgan fingerprint density at radius 1 is 1.29 bits per heavy atom. The molecule has 0 saturated heterocycles. The van der Waals surface area contributed by atoms with Gasteiger partial charge >= 0.3 is 5.97 Å². The predicted octanol–water partition coefficient (Wildman–Crippen LogP) is 1.68. The molecule has 0 spiro atoms. The molecule has 2 aromatic rings. The van der Waals surface area contributed by atoms with Gasteiger partial charge in [0.25, 0.3) is 0 Å². The van der Waals surface area contributed by atoms with E-state index in [9.17, 15) is 9.18 Å². The van der Waals surface area contributed by atoms with Crippen molar-refractivity contribution in [3.63, 3.8) is 0 Å². The van der Waals surface area contributed by atoms with Crippen LogP contribution in [0.1, 0.15) is 16.2 Å². The minimum Gasteiger partial charge on any atom is -0.475 e. The quantitative estimate of drug-likeness (QED) is 0.854. The van der Waals surface area contributed by atoms with E-state index in [4.69, 9.17) is 5.11 Å². The first kappa shape index (κ1) is 11.1. The second-order valence-corrected chi connectivity index (χ2v) is 3.39. The standard InChI is InChI=1S/C11H8FN3O2/c1-6-4-14-10(11(16)17)15-9(6)8-3-2-7(12)5-13-8/h2-5H,1H3,(H,16,17). The molecule has 5 nitrogen and oxygen atoms in total. The number of carboxylic acid groups (broad SMARTS) is 1. The van der Waals surface area contributed by atoms with E-state index in [-0.39, 0.29) is 5.82 Å². The fourth-order valence-corrected chi connectivity index (χ4v) is 1.32. The minimum absolute atomic E-state index is 0.309. The molecule has 17 heavy (non-hydrogen) atoms. The number of hydrogen-bond donors (Lipinski definition) is 1. The topological polar surface area (TPSA) is 76.0 Å². The zero-order valence-electron chi connectivity index (χ0n) is 8.88. The van der Waals surface area contributed by atoms with Crippen LogP contribution in [0.2, 0.25) is 0 Å². The Labute approximate surface area is 96.0 Å². The van der Waals surface area contributed by atoms with Crippen LogP contribution in [0.15, 0.2) is 24.5 Å². The van der Waals surface area contributed by atoms with Crippen molar-refractivity contribution in [2.24, 2.45) is 0 Å². The minimum atomic E-state index is -1.21. The van der Waals surface area contributed by atoms with E-state index < -0.39 is 11.8 Å². The largest absolute Gasteiger partial charge is 0.475 e. The Morgan fingerprint density at radius 3 is 2.65 bits per heavy atom. The second-order valence-electron chi connectivity index (χ2n) is 3.39. The molecule has 0 amide bonds. The van der Waals surface area contributed by atoms with Gasteiger partial charge in [-0.3, -0.25) is 4.98 Å². The van der Waals surface area contributed by atoms with Crippen molar-refractivity contribution in [2.45, 2.75) is 6.92 Å². The highest BCUT2D eigenvalue weighted by atomic mass is 19.1. The van der Waals surface area contributed by atoms with Gasteiger partial charge in [0.2, 0.25) is 5.82 Å². The molecule has 0 fully saturated rings. The molecule has 0 radical (unpaired) electrons. The molecule has 0 unspecified atom stereocenters. The summed E-state index contributed by atoms with van der Waals surface area (Å²) in [6, 6.07) is 2.68. The van der Waals surface area contributed by atoms with Crippen LogP contribution in [-0.2, 0) is 0 Å². The molecule has 0 aliphatic heterocycles. The lowest BCUT2D eigenvalue weighted by Gasteiger charge is -2.04. The fourth-order valence-electron chi connectivity index (χ4n) is 1.32. The second kappa shape index (κ2) is 4.25. The van der Waals surface area contributed by atoms with E-state index in [0.29, 0.717) is 17.0 Å². The maximum absolute atomic E-state index is 12.7. The Balaban J connectivity index is 2.54. The number of hydrogen-bond acceptors (Lipinski definition) is 4. The van der Waals surface area contributed by atoms with Crippen LogP contribution in [0.3, 0.4) is 0 Å². The Bertz CT molecular complexity index is 569. The SMILES string of the molecule is Cc1cnc(C(=O)O)nc1-c1ccc(F)cn1. The van der Waals surface area contributed by atoms with Gasteiger partial charge in [0.15, 0.2) is 0 Å². The molecule has 0 atom stereocenters. The van der Waals surface area contributed by atoms with Gasteiger partial charge in [0, 0.05) is 6.20 Å². The molecule has 86 valence electrons. The first-order valence-electron chi connectivity index (χ1n) is 4.77. The fraction of sp³-hybridized carbons (Fsp3) is 0.0909. The summed E-state index contributed by atoms with van der Waals surface area (Å²) in [6.07, 6.45) is 2.45. The Kier molecular flexibility index (Phi) is 2.78. The van der Waals surface area contributed by atoms with E-state index >= 15 is 0 Å². The van der Waals surface area contributed by atoms with Crippen LogP contribution < -0.4 is 0 Å². The molecular formula is C11H8FN3O2. The molecule has 0 aromatic carbocycles. The lowest BCUT2D eigenvalue weighted by atomic mass is 10.2. The first-order chi connectivity index (χ1) is 8.08. The van der Waals surface area contributed by atoms with Gasteiger partial charge in [-0.05, 0) is 24.6 Å². The van der Waals surface area contributed by atoms with Crippen LogP contribution in [0, 0.1) is 12.7 Å². The number of pyridine rings is 1. The summed E-state index contributed by atoms with van der Waals surface area (Å²) in [5.41, 5.74) is 1.47. The van der Waals surface area contributed by atoms with E-state index in [1.165, 1.54) is 18.3 Å². The molecule has 2 rings (SSSR count). The predicted molar refractivity (Wildman–Crippen MR) is 56.9 cm³/mol. The maximum atomic E-state index is 12.7. The summed E-state index contributed by atoms with van der Waals surface area (Å²) < 4.78 is 12.7. The van der Waals surface area contributed by atoms with Crippen molar-refractivity contribution in [1.82, 2.24) is 15.0 Å². The van der Waals surface area contributed by atoms with Gasteiger partial charge in [-0.1, -0.05) is 0 Å². The number of rotatable bonds is 2. The monoisotopic (exact) mass is 233 g/mol. The molecule has 2 heterocycles. The van der Waals surface area contributed by atoms with Crippen molar-refractivity contribution in [3.05, 3.63) is 41.7 Å². The third-order valence-electron chi connectivity index (χ3n) is 2.13. The summed E-state index contributed by atoms with van der Waals surface area (Å²) in [7, 11) is 0. The number of carbonyl (C=O) groups is 1. The molecule has 0 aliphatic carbocycles. The summed E-state index contributed by atoms with van der Waals surface area (Å²) in [4.78, 5) is 22.1. The zero-order valence-corrected chi connectivity index (χ0v) is 8.88. The van der Waals surface area contributed by atoms with Gasteiger partial charge in [-0.15, -0.1) is 0 Å². The molecule has 1 N–H and O–H groups in total. The molecule has 0 bridgehead atoms. The lowest BCUT2D eigenvalue weighted by molar-refractivity contribution is 0.0683. The van der Waals surface area contributed by atoms with Crippen LogP contribution in [-0.4, -0.2) is 26.0 Å². The van der Waals surface area contributed by atoms with E-state index in [2.05, 4.69) is 15.0 Å². The highest BCUT2D eigenvalue weighted by Crippen LogP contribution is 2.18. The summed E-state index contributed by atoms with van der Waals surface area (Å²) in [6.45, 7) is 1.73. The third-order valence-corrected chi connectivity index (χ3v) is 2.13. The zero-order chi connectivity index (χ0) is 12.4. The average Bonchev–Trinajstić information content (AvgIpc) is 2.31. The maximum Gasteiger partial charge on any atom is 0.373 e. The number of carboxylic acids is 1. The van der Waals surface area contributed by atoms with Crippen molar-refractivity contribution in [1.29, 1.82) is 0 Å². The highest BCUT2D eigenvalue weighted by Gasteiger charge is 2.12. The van der Waals surface area contributed by atoms with Crippen LogP contribution >= 0.6 is 0 Å². The number of nitrogens with zero attached hydrogens (tertiary/aromatic N) is 3. The van der Waals surface area contributed by atoms with Crippen molar-refractivity contribution < 1.29 is 14.3 Å². The van der Waals surface area contributed by atoms with E-state index in [1.807, 2.05) is 0 Å². The Hall–Kier alpha value is -2.37. The van der Waals surface area contributed by atoms with Crippen LogP contribution in [0.4, 0.5) is 4.39 Å². The van der Waals surface area contributed by atoms with Gasteiger partial charge in [0.1, 0.15) is 5.82 Å². The molecular weight excluding hydrogens is 225 g/mol. The first-order valence-corrected chi connectivity index (χ1v) is 4.77. The summed E-state index contributed by atoms with van der Waals surface area (Å²) in [5.74, 6) is -1.98.